The summed E-state index contributed by atoms with van der Waals surface area (Å²) in [6.45, 7) is 4.38. The first kappa shape index (κ1) is 26.9. The molecule has 2 rings (SSSR count). The van der Waals surface area contributed by atoms with Crippen LogP contribution in [0.25, 0.3) is 0 Å². The van der Waals surface area contributed by atoms with E-state index in [1.807, 2.05) is 0 Å². The number of esters is 2. The fourth-order valence-corrected chi connectivity index (χ4v) is 5.02. The van der Waals surface area contributed by atoms with Crippen molar-refractivity contribution >= 4 is 11.9 Å². The van der Waals surface area contributed by atoms with E-state index in [-0.39, 0.29) is 24.1 Å². The van der Waals surface area contributed by atoms with Crippen LogP contribution in [0.5, 0.6) is 0 Å². The summed E-state index contributed by atoms with van der Waals surface area (Å²) in [4.78, 5) is 26.6. The molecule has 0 spiro atoms. The maximum Gasteiger partial charge on any atom is 0.334 e. The van der Waals surface area contributed by atoms with Crippen molar-refractivity contribution in [1.29, 1.82) is 0 Å². The van der Waals surface area contributed by atoms with Crippen LogP contribution >= 0.6 is 0 Å². The van der Waals surface area contributed by atoms with Gasteiger partial charge in [-0.3, -0.25) is 0 Å². The van der Waals surface area contributed by atoms with E-state index in [0.29, 0.717) is 24.0 Å². The van der Waals surface area contributed by atoms with Gasteiger partial charge in [0.15, 0.2) is 0 Å². The Labute approximate surface area is 196 Å². The number of ether oxygens (including phenoxy) is 2. The summed E-state index contributed by atoms with van der Waals surface area (Å²) in [6, 6.07) is 0. The second kappa shape index (κ2) is 16.3. The monoisotopic (exact) mass is 448 g/mol. The molecule has 2 saturated carbocycles. The van der Waals surface area contributed by atoms with Crippen LogP contribution in [-0.2, 0) is 19.1 Å². The first-order valence-corrected chi connectivity index (χ1v) is 13.8. The van der Waals surface area contributed by atoms with Crippen molar-refractivity contribution in [3.05, 3.63) is 11.1 Å². The Hall–Kier alpha value is -1.32. The molecule has 0 N–H and O–H groups in total. The van der Waals surface area contributed by atoms with Gasteiger partial charge in [0, 0.05) is 11.1 Å². The Kier molecular flexibility index (Phi) is 13.7. The molecule has 4 heteroatoms. The number of hydrogen-bond acceptors (Lipinski definition) is 4. The van der Waals surface area contributed by atoms with Crippen molar-refractivity contribution in [2.24, 2.45) is 0 Å². The van der Waals surface area contributed by atoms with Gasteiger partial charge in [-0.2, -0.15) is 0 Å². The normalized spacial score (nSPS) is 18.8. The molecule has 184 valence electrons. The molecule has 0 radical (unpaired) electrons. The van der Waals surface area contributed by atoms with Gasteiger partial charge in [0.1, 0.15) is 12.2 Å². The summed E-state index contributed by atoms with van der Waals surface area (Å²) >= 11 is 0. The zero-order chi connectivity index (χ0) is 23.0. The highest BCUT2D eigenvalue weighted by molar-refractivity contribution is 6.00. The molecular weight excluding hydrogens is 400 g/mol. The predicted molar refractivity (Wildman–Crippen MR) is 130 cm³/mol. The Morgan fingerprint density at radius 1 is 0.562 bits per heavy atom. The van der Waals surface area contributed by atoms with Crippen LogP contribution in [0, 0.1) is 0 Å². The van der Waals surface area contributed by atoms with E-state index in [0.717, 1.165) is 103 Å². The van der Waals surface area contributed by atoms with Crippen molar-refractivity contribution in [3.63, 3.8) is 0 Å². The van der Waals surface area contributed by atoms with Crippen LogP contribution in [0.3, 0.4) is 0 Å². The molecule has 0 saturated heterocycles. The van der Waals surface area contributed by atoms with Gasteiger partial charge in [0.25, 0.3) is 0 Å². The maximum absolute atomic E-state index is 13.3. The van der Waals surface area contributed by atoms with Gasteiger partial charge in [-0.15, -0.1) is 0 Å². The molecule has 0 heterocycles. The fraction of sp³-hybridized carbons (Fsp3) is 0.857. The maximum atomic E-state index is 13.3. The summed E-state index contributed by atoms with van der Waals surface area (Å²) in [7, 11) is 0. The summed E-state index contributed by atoms with van der Waals surface area (Å²) in [5, 5.41) is 0. The van der Waals surface area contributed by atoms with Gasteiger partial charge in [-0.1, -0.05) is 65.2 Å². The molecule has 4 nitrogen and oxygen atoms in total. The van der Waals surface area contributed by atoms with E-state index in [2.05, 4.69) is 13.8 Å². The first-order chi connectivity index (χ1) is 15.7. The third-order valence-electron chi connectivity index (χ3n) is 7.07. The van der Waals surface area contributed by atoms with E-state index in [1.165, 1.54) is 12.8 Å². The molecule has 2 fully saturated rings. The van der Waals surface area contributed by atoms with E-state index >= 15 is 0 Å². The van der Waals surface area contributed by atoms with E-state index in [1.54, 1.807) is 0 Å². The second-order valence-corrected chi connectivity index (χ2v) is 9.91. The minimum absolute atomic E-state index is 0.0117. The quantitative estimate of drug-likeness (QED) is 0.153. The van der Waals surface area contributed by atoms with E-state index in [9.17, 15) is 9.59 Å². The SMILES string of the molecule is CCCCCCC(C(=O)OC1CCCCC1)=C(CCCCCC)C(=O)OC1CCCCC1. The molecular formula is C28H48O4. The number of carbonyl (C=O) groups excluding carboxylic acids is 2. The number of unbranched alkanes of at least 4 members (excludes halogenated alkanes) is 6. The van der Waals surface area contributed by atoms with Crippen LogP contribution in [-0.4, -0.2) is 24.1 Å². The summed E-state index contributed by atoms with van der Waals surface area (Å²) in [5.41, 5.74) is 1.23. The van der Waals surface area contributed by atoms with Crippen molar-refractivity contribution in [2.45, 2.75) is 154 Å². The molecule has 0 aromatic heterocycles. The van der Waals surface area contributed by atoms with Crippen LogP contribution in [0.4, 0.5) is 0 Å². The number of carbonyl (C=O) groups is 2. The van der Waals surface area contributed by atoms with Crippen LogP contribution in [0.15, 0.2) is 11.1 Å². The smallest absolute Gasteiger partial charge is 0.334 e. The Morgan fingerprint density at radius 3 is 1.28 bits per heavy atom. The lowest BCUT2D eigenvalue weighted by Crippen LogP contribution is -2.26. The van der Waals surface area contributed by atoms with Crippen molar-refractivity contribution < 1.29 is 19.1 Å². The molecule has 0 amide bonds. The highest BCUT2D eigenvalue weighted by Crippen LogP contribution is 2.28. The Balaban J connectivity index is 2.17. The van der Waals surface area contributed by atoms with Crippen LogP contribution in [0.2, 0.25) is 0 Å². The van der Waals surface area contributed by atoms with Gasteiger partial charge in [0.05, 0.1) is 0 Å². The Bertz CT molecular complexity index is 518. The molecule has 0 unspecified atom stereocenters. The van der Waals surface area contributed by atoms with Crippen molar-refractivity contribution in [3.8, 4) is 0 Å². The van der Waals surface area contributed by atoms with E-state index in [4.69, 9.17) is 9.47 Å². The third kappa shape index (κ3) is 10.1. The lowest BCUT2D eigenvalue weighted by molar-refractivity contribution is -0.149. The lowest BCUT2D eigenvalue weighted by atomic mass is 9.95. The van der Waals surface area contributed by atoms with E-state index < -0.39 is 0 Å². The minimum atomic E-state index is -0.250. The Morgan fingerprint density at radius 2 is 0.938 bits per heavy atom. The summed E-state index contributed by atoms with van der Waals surface area (Å²) < 4.78 is 11.9. The highest BCUT2D eigenvalue weighted by atomic mass is 16.5. The second-order valence-electron chi connectivity index (χ2n) is 9.91. The topological polar surface area (TPSA) is 52.6 Å². The van der Waals surface area contributed by atoms with Gasteiger partial charge < -0.3 is 9.47 Å². The van der Waals surface area contributed by atoms with Crippen molar-refractivity contribution in [2.75, 3.05) is 0 Å². The molecule has 32 heavy (non-hydrogen) atoms. The average molecular weight is 449 g/mol. The first-order valence-electron chi connectivity index (χ1n) is 13.8. The van der Waals surface area contributed by atoms with Gasteiger partial charge in [-0.25, -0.2) is 9.59 Å². The minimum Gasteiger partial charge on any atom is -0.459 e. The molecule has 0 aromatic carbocycles. The number of hydrogen-bond donors (Lipinski definition) is 0. The van der Waals surface area contributed by atoms with Crippen LogP contribution < -0.4 is 0 Å². The van der Waals surface area contributed by atoms with Gasteiger partial charge in [0.2, 0.25) is 0 Å². The summed E-state index contributed by atoms with van der Waals surface area (Å²) in [5.74, 6) is -0.501. The molecule has 0 aliphatic heterocycles. The fourth-order valence-electron chi connectivity index (χ4n) is 5.02. The molecule has 0 bridgehead atoms. The number of rotatable bonds is 14. The zero-order valence-corrected chi connectivity index (χ0v) is 20.9. The van der Waals surface area contributed by atoms with Crippen molar-refractivity contribution in [1.82, 2.24) is 0 Å². The molecule has 2 aliphatic carbocycles. The predicted octanol–water partition coefficient (Wildman–Crippen LogP) is 7.98. The molecule has 2 aliphatic rings. The third-order valence-corrected chi connectivity index (χ3v) is 7.07. The van der Waals surface area contributed by atoms with Crippen LogP contribution in [0.1, 0.15) is 142 Å². The largest absolute Gasteiger partial charge is 0.459 e. The summed E-state index contributed by atoms with van der Waals surface area (Å²) in [6.07, 6.45) is 20.7. The zero-order valence-electron chi connectivity index (χ0n) is 20.9. The standard InChI is InChI=1S/C28H48O4/c1-3-5-7-15-21-25(27(29)31-23-17-11-9-12-18-23)26(22-16-8-6-4-2)28(30)32-24-19-13-10-14-20-24/h23-24H,3-22H2,1-2H3. The van der Waals surface area contributed by atoms with Gasteiger partial charge in [-0.05, 0) is 77.0 Å². The highest BCUT2D eigenvalue weighted by Gasteiger charge is 2.28. The molecule has 0 atom stereocenters. The average Bonchev–Trinajstić information content (AvgIpc) is 2.81. The van der Waals surface area contributed by atoms with Gasteiger partial charge >= 0.3 is 11.9 Å². The lowest BCUT2D eigenvalue weighted by Gasteiger charge is -2.25. The molecule has 0 aromatic rings.